The fourth-order valence-electron chi connectivity index (χ4n) is 2.64. The third-order valence-corrected chi connectivity index (χ3v) is 6.24. The highest BCUT2D eigenvalue weighted by Gasteiger charge is 2.16. The number of carbonyl (C=O) groups is 1. The maximum Gasteiger partial charge on any atom is 0.277 e. The zero-order valence-corrected chi connectivity index (χ0v) is 18.7. The van der Waals surface area contributed by atoms with Gasteiger partial charge in [-0.3, -0.25) is 4.79 Å². The predicted molar refractivity (Wildman–Crippen MR) is 121 cm³/mol. The fourth-order valence-corrected chi connectivity index (χ4v) is 4.54. The van der Waals surface area contributed by atoms with Gasteiger partial charge in [-0.05, 0) is 25.1 Å². The maximum atomic E-state index is 12.3. The van der Waals surface area contributed by atoms with Gasteiger partial charge in [0, 0.05) is 15.5 Å². The van der Waals surface area contributed by atoms with E-state index in [9.17, 15) is 4.79 Å². The number of nitrogens with one attached hydrogen (secondary N) is 1. The van der Waals surface area contributed by atoms with Crippen molar-refractivity contribution in [1.82, 2.24) is 15.2 Å². The molecule has 2 heterocycles. The zero-order chi connectivity index (χ0) is 21.1. The van der Waals surface area contributed by atoms with Crippen molar-refractivity contribution in [2.24, 2.45) is 0 Å². The van der Waals surface area contributed by atoms with Crippen molar-refractivity contribution in [2.45, 2.75) is 12.1 Å². The average molecular weight is 477 g/mol. The molecule has 0 bridgehead atoms. The van der Waals surface area contributed by atoms with E-state index in [4.69, 9.17) is 27.6 Å². The molecule has 2 aromatic carbocycles. The number of thioether (sulfide) groups is 1. The summed E-state index contributed by atoms with van der Waals surface area (Å²) in [6.45, 7) is 1.98. The minimum Gasteiger partial charge on any atom is -0.411 e. The zero-order valence-electron chi connectivity index (χ0n) is 15.6. The SMILES string of the molecule is Cc1sc(NC(=O)CSc2nnc(-c3ccc(Cl)cc3Cl)o2)nc1-c1ccccc1. The third kappa shape index (κ3) is 4.84. The summed E-state index contributed by atoms with van der Waals surface area (Å²) in [5, 5.41) is 12.5. The lowest BCUT2D eigenvalue weighted by atomic mass is 10.1. The number of hydrogen-bond acceptors (Lipinski definition) is 7. The molecule has 0 saturated carbocycles. The molecule has 1 N–H and O–H groups in total. The van der Waals surface area contributed by atoms with Gasteiger partial charge >= 0.3 is 0 Å². The van der Waals surface area contributed by atoms with Crippen LogP contribution in [0.1, 0.15) is 4.88 Å². The molecule has 4 aromatic rings. The van der Waals surface area contributed by atoms with E-state index in [-0.39, 0.29) is 22.8 Å². The van der Waals surface area contributed by atoms with Crippen molar-refractivity contribution in [3.63, 3.8) is 0 Å². The van der Waals surface area contributed by atoms with Gasteiger partial charge in [-0.15, -0.1) is 21.5 Å². The van der Waals surface area contributed by atoms with Crippen molar-refractivity contribution >= 4 is 57.3 Å². The Morgan fingerprint density at radius 2 is 1.97 bits per heavy atom. The van der Waals surface area contributed by atoms with Gasteiger partial charge in [0.05, 0.1) is 22.0 Å². The van der Waals surface area contributed by atoms with Crippen molar-refractivity contribution in [2.75, 3.05) is 11.1 Å². The lowest BCUT2D eigenvalue weighted by molar-refractivity contribution is -0.113. The Bertz CT molecular complexity index is 1190. The Balaban J connectivity index is 1.37. The molecule has 0 atom stereocenters. The molecular weight excluding hydrogens is 463 g/mol. The Hall–Kier alpha value is -2.39. The number of amides is 1. The molecule has 2 aromatic heterocycles. The largest absolute Gasteiger partial charge is 0.411 e. The van der Waals surface area contributed by atoms with E-state index < -0.39 is 0 Å². The number of aryl methyl sites for hydroxylation is 1. The maximum absolute atomic E-state index is 12.3. The molecule has 0 aliphatic carbocycles. The van der Waals surface area contributed by atoms with Crippen LogP contribution < -0.4 is 5.32 Å². The quantitative estimate of drug-likeness (QED) is 0.333. The lowest BCUT2D eigenvalue weighted by Gasteiger charge is -2.00. The first-order valence-electron chi connectivity index (χ1n) is 8.74. The van der Waals surface area contributed by atoms with Crippen LogP contribution in [0.25, 0.3) is 22.7 Å². The Morgan fingerprint density at radius 1 is 1.17 bits per heavy atom. The van der Waals surface area contributed by atoms with Crippen LogP contribution in [-0.4, -0.2) is 26.8 Å². The van der Waals surface area contributed by atoms with Gasteiger partial charge in [0.1, 0.15) is 0 Å². The number of hydrogen-bond donors (Lipinski definition) is 1. The highest BCUT2D eigenvalue weighted by atomic mass is 35.5. The monoisotopic (exact) mass is 476 g/mol. The van der Waals surface area contributed by atoms with E-state index in [2.05, 4.69) is 20.5 Å². The number of nitrogens with zero attached hydrogens (tertiary/aromatic N) is 3. The normalized spacial score (nSPS) is 10.9. The Morgan fingerprint density at radius 3 is 2.73 bits per heavy atom. The van der Waals surface area contributed by atoms with Crippen LogP contribution in [0.2, 0.25) is 10.0 Å². The summed E-state index contributed by atoms with van der Waals surface area (Å²) in [7, 11) is 0. The van der Waals surface area contributed by atoms with Crippen LogP contribution in [-0.2, 0) is 4.79 Å². The second-order valence-electron chi connectivity index (χ2n) is 6.12. The lowest BCUT2D eigenvalue weighted by Crippen LogP contribution is -2.13. The van der Waals surface area contributed by atoms with Crippen molar-refractivity contribution in [1.29, 1.82) is 0 Å². The Kier molecular flexibility index (Phi) is 6.38. The van der Waals surface area contributed by atoms with Crippen LogP contribution in [0, 0.1) is 6.92 Å². The molecule has 1 amide bonds. The number of thiazole rings is 1. The summed E-state index contributed by atoms with van der Waals surface area (Å²) in [6, 6.07) is 14.8. The summed E-state index contributed by atoms with van der Waals surface area (Å²) in [6.07, 6.45) is 0. The number of halogens is 2. The van der Waals surface area contributed by atoms with Crippen molar-refractivity contribution < 1.29 is 9.21 Å². The first kappa shape index (κ1) is 20.9. The minimum absolute atomic E-state index is 0.106. The van der Waals surface area contributed by atoms with Gasteiger partial charge in [0.25, 0.3) is 5.22 Å². The molecule has 0 aliphatic rings. The molecule has 0 saturated heterocycles. The molecule has 152 valence electrons. The first-order chi connectivity index (χ1) is 14.5. The summed E-state index contributed by atoms with van der Waals surface area (Å²) in [4.78, 5) is 17.9. The topological polar surface area (TPSA) is 80.9 Å². The van der Waals surface area contributed by atoms with Crippen molar-refractivity contribution in [3.05, 3.63) is 63.5 Å². The summed E-state index contributed by atoms with van der Waals surface area (Å²) in [5.74, 6) is 0.162. The number of aromatic nitrogens is 3. The number of benzene rings is 2. The van der Waals surface area contributed by atoms with Crippen LogP contribution in [0.3, 0.4) is 0 Å². The molecule has 0 radical (unpaired) electrons. The molecule has 6 nitrogen and oxygen atoms in total. The molecule has 4 rings (SSSR count). The molecular formula is C20H14Cl2N4O2S2. The smallest absolute Gasteiger partial charge is 0.277 e. The summed E-state index contributed by atoms with van der Waals surface area (Å²) < 4.78 is 5.59. The second-order valence-corrected chi connectivity index (χ2v) is 9.10. The Labute approximate surface area is 190 Å². The van der Waals surface area contributed by atoms with Gasteiger partial charge in [0.2, 0.25) is 11.8 Å². The molecule has 0 aliphatic heterocycles. The van der Waals surface area contributed by atoms with E-state index in [0.717, 1.165) is 27.9 Å². The van der Waals surface area contributed by atoms with Gasteiger partial charge in [-0.2, -0.15) is 0 Å². The second kappa shape index (κ2) is 9.18. The van der Waals surface area contributed by atoms with E-state index in [1.54, 1.807) is 18.2 Å². The van der Waals surface area contributed by atoms with E-state index in [1.807, 2.05) is 37.3 Å². The van der Waals surface area contributed by atoms with Crippen LogP contribution in [0.4, 0.5) is 5.13 Å². The standard InChI is InChI=1S/C20H14Cl2N4O2S2/c1-11-17(12-5-3-2-4-6-12)24-19(30-11)23-16(27)10-29-20-26-25-18(28-20)14-8-7-13(21)9-15(14)22/h2-9H,10H2,1H3,(H,23,24,27). The first-order valence-corrected chi connectivity index (χ1v) is 11.3. The van der Waals surface area contributed by atoms with Crippen LogP contribution in [0.5, 0.6) is 0 Å². The van der Waals surface area contributed by atoms with E-state index in [1.165, 1.54) is 11.3 Å². The van der Waals surface area contributed by atoms with E-state index in [0.29, 0.717) is 20.7 Å². The molecule has 0 fully saturated rings. The molecule has 0 unspecified atom stereocenters. The molecule has 10 heteroatoms. The number of rotatable bonds is 6. The minimum atomic E-state index is -0.211. The van der Waals surface area contributed by atoms with E-state index >= 15 is 0 Å². The van der Waals surface area contributed by atoms with Crippen LogP contribution in [0.15, 0.2) is 58.2 Å². The van der Waals surface area contributed by atoms with Crippen molar-refractivity contribution in [3.8, 4) is 22.7 Å². The predicted octanol–water partition coefficient (Wildman–Crippen LogP) is 6.21. The van der Waals surface area contributed by atoms with Gasteiger partial charge < -0.3 is 9.73 Å². The number of anilines is 1. The molecule has 30 heavy (non-hydrogen) atoms. The highest BCUT2D eigenvalue weighted by Crippen LogP contribution is 2.32. The summed E-state index contributed by atoms with van der Waals surface area (Å²) >= 11 is 14.6. The van der Waals surface area contributed by atoms with Gasteiger partial charge in [0.15, 0.2) is 5.13 Å². The summed E-state index contributed by atoms with van der Waals surface area (Å²) in [5.41, 5.74) is 2.46. The van der Waals surface area contributed by atoms with Crippen LogP contribution >= 0.6 is 46.3 Å². The average Bonchev–Trinajstić information content (AvgIpc) is 3.33. The third-order valence-electron chi connectivity index (χ3n) is 3.98. The number of carbonyl (C=O) groups excluding carboxylic acids is 1. The molecule has 0 spiro atoms. The van der Waals surface area contributed by atoms with Gasteiger partial charge in [-0.1, -0.05) is 65.3 Å². The fraction of sp³-hybridized carbons (Fsp3) is 0.100. The highest BCUT2D eigenvalue weighted by molar-refractivity contribution is 7.99. The van der Waals surface area contributed by atoms with Gasteiger partial charge in [-0.25, -0.2) is 4.98 Å².